The molecule has 25 heavy (non-hydrogen) atoms. The lowest BCUT2D eigenvalue weighted by Gasteiger charge is -2.21. The quantitative estimate of drug-likeness (QED) is 0.756. The second kappa shape index (κ2) is 8.19. The minimum Gasteiger partial charge on any atom is -0.454 e. The maximum atomic E-state index is 14.0. The van der Waals surface area contributed by atoms with Crippen LogP contribution in [0.2, 0.25) is 0 Å². The van der Waals surface area contributed by atoms with Gasteiger partial charge >= 0.3 is 5.97 Å². The molecule has 0 amide bonds. The molecule has 134 valence electrons. The van der Waals surface area contributed by atoms with Crippen molar-refractivity contribution in [2.45, 2.75) is 12.2 Å². The van der Waals surface area contributed by atoms with Gasteiger partial charge in [0.1, 0.15) is 17.7 Å². The number of hydrogen-bond acceptors (Lipinski definition) is 5. The van der Waals surface area contributed by atoms with E-state index in [0.717, 1.165) is 6.07 Å². The molecule has 2 rings (SSSR count). The molecule has 0 bridgehead atoms. The van der Waals surface area contributed by atoms with Crippen molar-refractivity contribution >= 4 is 16.0 Å². The Labute approximate surface area is 145 Å². The van der Waals surface area contributed by atoms with E-state index in [0.29, 0.717) is 5.56 Å². The van der Waals surface area contributed by atoms with Crippen LogP contribution in [0.4, 0.5) is 4.39 Å². The number of methoxy groups -OCH3 is 1. The minimum absolute atomic E-state index is 0.0761. The fraction of sp³-hybridized carbons (Fsp3) is 0.235. The smallest absolute Gasteiger partial charge is 0.340 e. The summed E-state index contributed by atoms with van der Waals surface area (Å²) in [4.78, 5) is 12.5. The Balaban J connectivity index is 2.29. The predicted octanol–water partition coefficient (Wildman–Crippen LogP) is 2.09. The van der Waals surface area contributed by atoms with Crippen LogP contribution < -0.4 is 5.14 Å². The molecule has 1 unspecified atom stereocenters. The minimum atomic E-state index is -4.02. The van der Waals surface area contributed by atoms with Gasteiger partial charge < -0.3 is 9.47 Å². The van der Waals surface area contributed by atoms with Crippen molar-refractivity contribution in [3.8, 4) is 0 Å². The van der Waals surface area contributed by atoms with E-state index in [2.05, 4.69) is 0 Å². The van der Waals surface area contributed by atoms with Crippen LogP contribution in [-0.4, -0.2) is 27.2 Å². The molecule has 8 heteroatoms. The van der Waals surface area contributed by atoms with Gasteiger partial charge in [0, 0.05) is 12.7 Å². The highest BCUT2D eigenvalue weighted by Gasteiger charge is 2.29. The average Bonchev–Trinajstić information content (AvgIpc) is 2.55. The maximum Gasteiger partial charge on any atom is 0.340 e. The predicted molar refractivity (Wildman–Crippen MR) is 89.4 cm³/mol. The molecular weight excluding hydrogens is 349 g/mol. The van der Waals surface area contributed by atoms with Crippen molar-refractivity contribution in [1.29, 1.82) is 0 Å². The molecule has 0 saturated heterocycles. The van der Waals surface area contributed by atoms with Crippen molar-refractivity contribution in [1.82, 2.24) is 0 Å². The maximum absolute atomic E-state index is 14.0. The second-order valence-corrected chi connectivity index (χ2v) is 6.96. The van der Waals surface area contributed by atoms with Gasteiger partial charge in [0.05, 0.1) is 0 Å². The topological polar surface area (TPSA) is 95.7 Å². The zero-order valence-electron chi connectivity index (χ0n) is 13.5. The number of esters is 1. The summed E-state index contributed by atoms with van der Waals surface area (Å²) in [5, 5.41) is 5.05. The van der Waals surface area contributed by atoms with Gasteiger partial charge in [0.15, 0.2) is 6.10 Å². The average molecular weight is 367 g/mol. The fourth-order valence-corrected chi connectivity index (χ4v) is 3.00. The largest absolute Gasteiger partial charge is 0.454 e. The van der Waals surface area contributed by atoms with Crippen molar-refractivity contribution in [2.24, 2.45) is 5.14 Å². The molecule has 0 fully saturated rings. The van der Waals surface area contributed by atoms with E-state index in [9.17, 15) is 17.6 Å². The zero-order chi connectivity index (χ0) is 18.4. The molecule has 2 aromatic carbocycles. The van der Waals surface area contributed by atoms with E-state index in [4.69, 9.17) is 14.6 Å². The number of rotatable bonds is 7. The molecule has 0 aliphatic heterocycles. The van der Waals surface area contributed by atoms with Crippen molar-refractivity contribution < 1.29 is 27.1 Å². The Kier molecular flexibility index (Phi) is 6.24. The summed E-state index contributed by atoms with van der Waals surface area (Å²) in [6.45, 7) is 0. The number of benzene rings is 2. The lowest BCUT2D eigenvalue weighted by molar-refractivity contribution is -0.161. The third-order valence-corrected chi connectivity index (χ3v) is 4.21. The standard InChI is InChI=1S/C17H18FNO5S/c1-23-16(12-7-3-2-4-8-12)17(20)24-15(11-25(19,21)22)13-9-5-6-10-14(13)18/h2-10,15-16H,11H2,1H3,(H2,19,21,22)/t15-,16?/m0/s1. The first-order chi connectivity index (χ1) is 11.8. The third kappa shape index (κ3) is 5.35. The summed E-state index contributed by atoms with van der Waals surface area (Å²) in [6.07, 6.45) is -2.46. The first-order valence-corrected chi connectivity index (χ1v) is 9.06. The Hall–Kier alpha value is -2.29. The summed E-state index contributed by atoms with van der Waals surface area (Å²) in [6, 6.07) is 13.9. The molecule has 0 radical (unpaired) electrons. The molecule has 2 aromatic rings. The normalized spacial score (nSPS) is 13.9. The number of ether oxygens (including phenoxy) is 2. The third-order valence-electron chi connectivity index (χ3n) is 3.45. The van der Waals surface area contributed by atoms with E-state index in [1.165, 1.54) is 25.3 Å². The molecule has 0 spiro atoms. The molecule has 6 nitrogen and oxygen atoms in total. The Bertz CT molecular complexity index is 826. The highest BCUT2D eigenvalue weighted by atomic mass is 32.2. The molecule has 0 aromatic heterocycles. The van der Waals surface area contributed by atoms with Gasteiger partial charge in [-0.2, -0.15) is 0 Å². The Morgan fingerprint density at radius 3 is 2.28 bits per heavy atom. The fourth-order valence-electron chi connectivity index (χ4n) is 2.33. The van der Waals surface area contributed by atoms with Crippen LogP contribution in [0.3, 0.4) is 0 Å². The van der Waals surface area contributed by atoms with Crippen LogP contribution in [0.25, 0.3) is 0 Å². The van der Waals surface area contributed by atoms with Crippen LogP contribution in [0, 0.1) is 5.82 Å². The lowest BCUT2D eigenvalue weighted by Crippen LogP contribution is -2.28. The monoisotopic (exact) mass is 367 g/mol. The molecule has 0 aliphatic carbocycles. The number of halogens is 1. The van der Waals surface area contributed by atoms with Crippen LogP contribution in [0.1, 0.15) is 23.3 Å². The molecule has 0 saturated carbocycles. The van der Waals surface area contributed by atoms with E-state index in [-0.39, 0.29) is 5.56 Å². The SMILES string of the molecule is COC(C(=O)O[C@@H](CS(N)(=O)=O)c1ccccc1F)c1ccccc1. The summed E-state index contributed by atoms with van der Waals surface area (Å²) in [5.74, 6) is -2.28. The van der Waals surface area contributed by atoms with Gasteiger partial charge in [0.25, 0.3) is 0 Å². The van der Waals surface area contributed by atoms with Crippen LogP contribution in [0.15, 0.2) is 54.6 Å². The number of hydrogen-bond donors (Lipinski definition) is 1. The van der Waals surface area contributed by atoms with Gasteiger partial charge in [-0.25, -0.2) is 22.7 Å². The van der Waals surface area contributed by atoms with Gasteiger partial charge in [0.2, 0.25) is 10.0 Å². The Morgan fingerprint density at radius 2 is 1.72 bits per heavy atom. The summed E-state index contributed by atoms with van der Waals surface area (Å²) >= 11 is 0. The summed E-state index contributed by atoms with van der Waals surface area (Å²) in [5.41, 5.74) is 0.450. The van der Waals surface area contributed by atoms with Gasteiger partial charge in [-0.3, -0.25) is 0 Å². The number of nitrogens with two attached hydrogens (primary N) is 1. The van der Waals surface area contributed by atoms with Crippen molar-refractivity contribution in [3.63, 3.8) is 0 Å². The molecule has 2 N–H and O–H groups in total. The van der Waals surface area contributed by atoms with Crippen LogP contribution in [0.5, 0.6) is 0 Å². The highest BCUT2D eigenvalue weighted by molar-refractivity contribution is 7.89. The summed E-state index contributed by atoms with van der Waals surface area (Å²) in [7, 11) is -2.70. The van der Waals surface area contributed by atoms with E-state index in [1.54, 1.807) is 30.3 Å². The zero-order valence-corrected chi connectivity index (χ0v) is 14.3. The number of carbonyl (C=O) groups excluding carboxylic acids is 1. The van der Waals surface area contributed by atoms with Gasteiger partial charge in [-0.15, -0.1) is 0 Å². The lowest BCUT2D eigenvalue weighted by atomic mass is 10.1. The van der Waals surface area contributed by atoms with Crippen molar-refractivity contribution in [3.05, 3.63) is 71.5 Å². The second-order valence-electron chi connectivity index (χ2n) is 5.30. The number of primary sulfonamides is 1. The summed E-state index contributed by atoms with van der Waals surface area (Å²) < 4.78 is 47.3. The molecular formula is C17H18FNO5S. The van der Waals surface area contributed by atoms with Crippen LogP contribution in [-0.2, 0) is 24.3 Å². The van der Waals surface area contributed by atoms with Crippen molar-refractivity contribution in [2.75, 3.05) is 12.9 Å². The highest BCUT2D eigenvalue weighted by Crippen LogP contribution is 2.26. The van der Waals surface area contributed by atoms with Gasteiger partial charge in [-0.1, -0.05) is 48.5 Å². The van der Waals surface area contributed by atoms with Crippen LogP contribution >= 0.6 is 0 Å². The van der Waals surface area contributed by atoms with Gasteiger partial charge in [-0.05, 0) is 11.6 Å². The number of carbonyl (C=O) groups is 1. The molecule has 2 atom stereocenters. The number of sulfonamides is 1. The molecule has 0 aliphatic rings. The van der Waals surface area contributed by atoms with E-state index >= 15 is 0 Å². The molecule has 0 heterocycles. The first-order valence-electron chi connectivity index (χ1n) is 7.35. The van der Waals surface area contributed by atoms with E-state index < -0.39 is 39.8 Å². The van der Waals surface area contributed by atoms with E-state index in [1.807, 2.05) is 0 Å². The first kappa shape index (κ1) is 19.0. The Morgan fingerprint density at radius 1 is 1.12 bits per heavy atom.